The highest BCUT2D eigenvalue weighted by atomic mass is 14.9. The SMILES string of the molecule is Cc1cc(C)cc(-c2[nH]c3ccc(C(C)(C)c4ncc(C)[nH]4)cc3c2CCNCCCCc2ccncc2)c1. The number of hydrogen-bond acceptors (Lipinski definition) is 3. The van der Waals surface area contributed by atoms with E-state index in [4.69, 9.17) is 0 Å². The van der Waals surface area contributed by atoms with Gasteiger partial charge in [-0.15, -0.1) is 0 Å². The van der Waals surface area contributed by atoms with Gasteiger partial charge in [0.25, 0.3) is 0 Å². The Balaban J connectivity index is 1.38. The molecule has 5 heteroatoms. The first kappa shape index (κ1) is 26.9. The van der Waals surface area contributed by atoms with Crippen LogP contribution in [0.5, 0.6) is 0 Å². The quantitative estimate of drug-likeness (QED) is 0.160. The third kappa shape index (κ3) is 6.15. The number of benzene rings is 2. The lowest BCUT2D eigenvalue weighted by molar-refractivity contribution is 0.598. The number of aromatic amines is 2. The molecule has 0 aliphatic rings. The van der Waals surface area contributed by atoms with Crippen LogP contribution in [-0.2, 0) is 18.3 Å². The lowest BCUT2D eigenvalue weighted by Gasteiger charge is -2.23. The highest BCUT2D eigenvalue weighted by Crippen LogP contribution is 2.36. The number of pyridine rings is 1. The van der Waals surface area contributed by atoms with Gasteiger partial charge in [0.05, 0.1) is 0 Å². The van der Waals surface area contributed by atoms with Crippen LogP contribution >= 0.6 is 0 Å². The zero-order valence-electron chi connectivity index (χ0n) is 24.0. The van der Waals surface area contributed by atoms with Crippen molar-refractivity contribution in [2.75, 3.05) is 13.1 Å². The van der Waals surface area contributed by atoms with E-state index in [1.807, 2.05) is 18.6 Å². The van der Waals surface area contributed by atoms with Crippen LogP contribution in [0, 0.1) is 20.8 Å². The number of hydrogen-bond donors (Lipinski definition) is 3. The average Bonchev–Trinajstić information content (AvgIpc) is 3.52. The number of rotatable bonds is 11. The van der Waals surface area contributed by atoms with E-state index in [0.717, 1.165) is 37.4 Å². The molecule has 0 amide bonds. The van der Waals surface area contributed by atoms with Gasteiger partial charge in [-0.1, -0.05) is 23.3 Å². The van der Waals surface area contributed by atoms with Crippen molar-refractivity contribution in [3.63, 3.8) is 0 Å². The number of nitrogens with one attached hydrogen (secondary N) is 3. The van der Waals surface area contributed by atoms with Crippen LogP contribution in [0.3, 0.4) is 0 Å². The first-order valence-electron chi connectivity index (χ1n) is 14.2. The Morgan fingerprint density at radius 1 is 0.821 bits per heavy atom. The van der Waals surface area contributed by atoms with E-state index in [9.17, 15) is 0 Å². The summed E-state index contributed by atoms with van der Waals surface area (Å²) in [7, 11) is 0. The number of H-pyrrole nitrogens is 2. The van der Waals surface area contributed by atoms with Gasteiger partial charge < -0.3 is 15.3 Å². The molecular weight excluding hydrogens is 478 g/mol. The first-order chi connectivity index (χ1) is 18.8. The van der Waals surface area contributed by atoms with Crippen molar-refractivity contribution >= 4 is 10.9 Å². The molecule has 0 bridgehead atoms. The summed E-state index contributed by atoms with van der Waals surface area (Å²) in [5.74, 6) is 0.999. The van der Waals surface area contributed by atoms with Gasteiger partial charge in [-0.3, -0.25) is 4.98 Å². The van der Waals surface area contributed by atoms with Gasteiger partial charge in [-0.2, -0.15) is 0 Å². The molecule has 5 aromatic rings. The van der Waals surface area contributed by atoms with Crippen molar-refractivity contribution < 1.29 is 0 Å². The van der Waals surface area contributed by atoms with Crippen LogP contribution in [0.4, 0.5) is 0 Å². The third-order valence-electron chi connectivity index (χ3n) is 7.80. The molecule has 39 heavy (non-hydrogen) atoms. The largest absolute Gasteiger partial charge is 0.354 e. The summed E-state index contributed by atoms with van der Waals surface area (Å²) in [6.45, 7) is 12.9. The van der Waals surface area contributed by atoms with Crippen molar-refractivity contribution in [1.29, 1.82) is 0 Å². The van der Waals surface area contributed by atoms with Gasteiger partial charge in [0.2, 0.25) is 0 Å². The second-order valence-corrected chi connectivity index (χ2v) is 11.5. The maximum atomic E-state index is 4.67. The van der Waals surface area contributed by atoms with E-state index in [0.29, 0.717) is 0 Å². The Bertz CT molecular complexity index is 1520. The second-order valence-electron chi connectivity index (χ2n) is 11.5. The third-order valence-corrected chi connectivity index (χ3v) is 7.80. The van der Waals surface area contributed by atoms with E-state index in [1.54, 1.807) is 0 Å². The summed E-state index contributed by atoms with van der Waals surface area (Å²) in [4.78, 5) is 16.0. The molecule has 0 fully saturated rings. The predicted molar refractivity (Wildman–Crippen MR) is 162 cm³/mol. The van der Waals surface area contributed by atoms with Crippen LogP contribution in [0.1, 0.15) is 66.0 Å². The van der Waals surface area contributed by atoms with Gasteiger partial charge in [0, 0.05) is 46.3 Å². The Morgan fingerprint density at radius 2 is 1.59 bits per heavy atom. The molecule has 3 aromatic heterocycles. The minimum Gasteiger partial charge on any atom is -0.354 e. The van der Waals surface area contributed by atoms with Gasteiger partial charge >= 0.3 is 0 Å². The summed E-state index contributed by atoms with van der Waals surface area (Å²) in [5.41, 5.74) is 11.1. The highest BCUT2D eigenvalue weighted by Gasteiger charge is 2.27. The molecule has 202 valence electrons. The number of aromatic nitrogens is 4. The fourth-order valence-corrected chi connectivity index (χ4v) is 5.60. The van der Waals surface area contributed by atoms with E-state index in [2.05, 4.69) is 108 Å². The average molecular weight is 520 g/mol. The van der Waals surface area contributed by atoms with E-state index in [1.165, 1.54) is 62.8 Å². The fraction of sp³-hybridized carbons (Fsp3) is 0.353. The van der Waals surface area contributed by atoms with Crippen molar-refractivity contribution in [2.45, 2.75) is 65.7 Å². The zero-order chi connectivity index (χ0) is 27.4. The number of aryl methyl sites for hydroxylation is 4. The topological polar surface area (TPSA) is 69.4 Å². The summed E-state index contributed by atoms with van der Waals surface area (Å²) >= 11 is 0. The van der Waals surface area contributed by atoms with Crippen molar-refractivity contribution in [1.82, 2.24) is 25.3 Å². The molecular formula is C34H41N5. The van der Waals surface area contributed by atoms with Crippen molar-refractivity contribution in [3.8, 4) is 11.3 Å². The van der Waals surface area contributed by atoms with Crippen LogP contribution in [0.25, 0.3) is 22.2 Å². The lowest BCUT2D eigenvalue weighted by Crippen LogP contribution is -2.21. The second kappa shape index (κ2) is 11.6. The van der Waals surface area contributed by atoms with Crippen LogP contribution < -0.4 is 5.32 Å². The molecule has 5 rings (SSSR count). The lowest BCUT2D eigenvalue weighted by atomic mass is 9.83. The van der Waals surface area contributed by atoms with Crippen LogP contribution in [0.2, 0.25) is 0 Å². The maximum absolute atomic E-state index is 4.67. The number of imidazole rings is 1. The molecule has 0 saturated heterocycles. The smallest absolute Gasteiger partial charge is 0.116 e. The van der Waals surface area contributed by atoms with Gasteiger partial charge in [0.15, 0.2) is 0 Å². The highest BCUT2D eigenvalue weighted by molar-refractivity contribution is 5.91. The summed E-state index contributed by atoms with van der Waals surface area (Å²) in [6, 6.07) is 17.9. The zero-order valence-corrected chi connectivity index (χ0v) is 24.0. The predicted octanol–water partition coefficient (Wildman–Crippen LogP) is 7.36. The van der Waals surface area contributed by atoms with E-state index >= 15 is 0 Å². The molecule has 0 radical (unpaired) electrons. The minimum absolute atomic E-state index is 0.218. The normalized spacial score (nSPS) is 11.9. The Kier molecular flexibility index (Phi) is 7.99. The number of unbranched alkanes of at least 4 members (excludes halogenated alkanes) is 1. The van der Waals surface area contributed by atoms with E-state index < -0.39 is 0 Å². The molecule has 5 nitrogen and oxygen atoms in total. The molecule has 0 spiro atoms. The Hall–Kier alpha value is -3.70. The van der Waals surface area contributed by atoms with Crippen LogP contribution in [0.15, 0.2) is 67.1 Å². The number of fused-ring (bicyclic) bond motifs is 1. The molecule has 0 unspecified atom stereocenters. The summed E-state index contributed by atoms with van der Waals surface area (Å²) in [5, 5.41) is 5.01. The van der Waals surface area contributed by atoms with Crippen LogP contribution in [-0.4, -0.2) is 33.0 Å². The molecule has 3 N–H and O–H groups in total. The Labute approximate surface area is 232 Å². The number of nitrogens with zero attached hydrogens (tertiary/aromatic N) is 2. The molecule has 0 aliphatic heterocycles. The van der Waals surface area contributed by atoms with Gasteiger partial charge in [-0.05, 0) is 132 Å². The monoisotopic (exact) mass is 519 g/mol. The molecule has 0 atom stereocenters. The first-order valence-corrected chi connectivity index (χ1v) is 14.2. The van der Waals surface area contributed by atoms with Crippen molar-refractivity contribution in [2.24, 2.45) is 0 Å². The summed E-state index contributed by atoms with van der Waals surface area (Å²) in [6.07, 6.45) is 10.1. The van der Waals surface area contributed by atoms with Crippen molar-refractivity contribution in [3.05, 3.63) is 106 Å². The van der Waals surface area contributed by atoms with Gasteiger partial charge in [-0.25, -0.2) is 4.98 Å². The van der Waals surface area contributed by atoms with Gasteiger partial charge in [0.1, 0.15) is 5.82 Å². The summed E-state index contributed by atoms with van der Waals surface area (Å²) < 4.78 is 0. The molecule has 2 aromatic carbocycles. The molecule has 3 heterocycles. The minimum atomic E-state index is -0.218. The standard InChI is InChI=1S/C34H41N5/c1-23-18-24(2)20-27(19-23)32-29(13-17-35-14-7-6-8-26-11-15-36-16-12-26)30-21-28(9-10-31(30)39-32)34(4,5)33-37-22-25(3)38-33/h9-12,15-16,18-22,35,39H,6-8,13-14,17H2,1-5H3,(H,37,38). The maximum Gasteiger partial charge on any atom is 0.116 e. The molecule has 0 aliphatic carbocycles. The fourth-order valence-electron chi connectivity index (χ4n) is 5.60. The Morgan fingerprint density at radius 3 is 2.31 bits per heavy atom. The van der Waals surface area contributed by atoms with E-state index in [-0.39, 0.29) is 5.41 Å². The molecule has 0 saturated carbocycles.